The minimum absolute atomic E-state index is 0.229. The summed E-state index contributed by atoms with van der Waals surface area (Å²) in [6.45, 7) is 1.97. The van der Waals surface area contributed by atoms with Crippen LogP contribution in [0.5, 0.6) is 5.75 Å². The Morgan fingerprint density at radius 2 is 1.81 bits per heavy atom. The molecule has 1 N–H and O–H groups in total. The van der Waals surface area contributed by atoms with Crippen LogP contribution >= 0.6 is 0 Å². The van der Waals surface area contributed by atoms with Gasteiger partial charge in [-0.1, -0.05) is 6.07 Å². The van der Waals surface area contributed by atoms with Gasteiger partial charge in [0.25, 0.3) is 15.7 Å². The van der Waals surface area contributed by atoms with Crippen molar-refractivity contribution < 1.29 is 22.9 Å². The lowest BCUT2D eigenvalue weighted by Gasteiger charge is -2.24. The number of carbonyl (C=O) groups excluding carboxylic acids is 1. The van der Waals surface area contributed by atoms with E-state index in [-0.39, 0.29) is 16.3 Å². The van der Waals surface area contributed by atoms with Crippen LogP contribution in [0.15, 0.2) is 47.4 Å². The number of amides is 1. The molecule has 0 bridgehead atoms. The maximum absolute atomic E-state index is 13.4. The highest BCUT2D eigenvalue weighted by molar-refractivity contribution is 7.92. The lowest BCUT2D eigenvalue weighted by Crippen LogP contribution is -2.42. The lowest BCUT2D eigenvalue weighted by molar-refractivity contribution is -0.385. The van der Waals surface area contributed by atoms with Gasteiger partial charge >= 0.3 is 0 Å². The molecule has 0 aromatic heterocycles. The van der Waals surface area contributed by atoms with E-state index in [0.29, 0.717) is 24.4 Å². The number of benzene rings is 2. The van der Waals surface area contributed by atoms with E-state index >= 15 is 0 Å². The number of sulfonamides is 1. The first kappa shape index (κ1) is 24.1. The zero-order valence-corrected chi connectivity index (χ0v) is 18.7. The third kappa shape index (κ3) is 6.15. The number of carbonyl (C=O) groups is 1. The van der Waals surface area contributed by atoms with E-state index in [0.717, 1.165) is 10.4 Å². The summed E-state index contributed by atoms with van der Waals surface area (Å²) >= 11 is 0. The Balaban J connectivity index is 2.43. The van der Waals surface area contributed by atoms with Gasteiger partial charge in [-0.25, -0.2) is 8.42 Å². The number of hydrogen-bond acceptors (Lipinski definition) is 7. The highest BCUT2D eigenvalue weighted by Crippen LogP contribution is 2.28. The Labute approximate surface area is 181 Å². The van der Waals surface area contributed by atoms with E-state index in [4.69, 9.17) is 4.74 Å². The quantitative estimate of drug-likeness (QED) is 0.432. The molecule has 0 heterocycles. The van der Waals surface area contributed by atoms with Gasteiger partial charge < -0.3 is 15.0 Å². The molecule has 0 radical (unpaired) electrons. The van der Waals surface area contributed by atoms with E-state index in [1.807, 2.05) is 19.0 Å². The van der Waals surface area contributed by atoms with Crippen LogP contribution in [0.4, 0.5) is 11.4 Å². The fourth-order valence-electron chi connectivity index (χ4n) is 2.74. The molecular weight excluding hydrogens is 424 g/mol. The van der Waals surface area contributed by atoms with Gasteiger partial charge in [-0.3, -0.25) is 19.2 Å². The molecule has 10 nitrogen and oxygen atoms in total. The summed E-state index contributed by atoms with van der Waals surface area (Å²) in [5, 5.41) is 14.0. The number of anilines is 1. The summed E-state index contributed by atoms with van der Waals surface area (Å²) in [7, 11) is 0.917. The molecule has 0 atom stereocenters. The maximum Gasteiger partial charge on any atom is 0.273 e. The van der Waals surface area contributed by atoms with Crippen LogP contribution in [0.3, 0.4) is 0 Å². The topological polar surface area (TPSA) is 122 Å². The molecule has 2 rings (SSSR count). The number of rotatable bonds is 10. The lowest BCUT2D eigenvalue weighted by atomic mass is 10.2. The average Bonchev–Trinajstić information content (AvgIpc) is 2.71. The van der Waals surface area contributed by atoms with Crippen LogP contribution in [-0.4, -0.2) is 65.0 Å². The number of nitro benzene ring substituents is 1. The Kier molecular flexibility index (Phi) is 7.95. The summed E-state index contributed by atoms with van der Waals surface area (Å²) in [6, 6.07) is 9.81. The van der Waals surface area contributed by atoms with E-state index in [2.05, 4.69) is 5.32 Å². The first-order chi connectivity index (χ1) is 14.6. The van der Waals surface area contributed by atoms with E-state index in [1.165, 1.54) is 38.3 Å². The molecule has 0 aliphatic rings. The van der Waals surface area contributed by atoms with Crippen LogP contribution in [0.1, 0.15) is 5.56 Å². The summed E-state index contributed by atoms with van der Waals surface area (Å²) < 4.78 is 32.8. The van der Waals surface area contributed by atoms with Gasteiger partial charge in [0.1, 0.15) is 12.3 Å². The Bertz CT molecular complexity index is 1040. The minimum Gasteiger partial charge on any atom is -0.497 e. The second-order valence-electron chi connectivity index (χ2n) is 7.07. The van der Waals surface area contributed by atoms with Crippen LogP contribution in [0.2, 0.25) is 0 Å². The van der Waals surface area contributed by atoms with Crippen molar-refractivity contribution in [2.75, 3.05) is 45.1 Å². The van der Waals surface area contributed by atoms with Crippen molar-refractivity contribution in [3.8, 4) is 5.75 Å². The number of nitrogens with one attached hydrogen (secondary N) is 1. The zero-order valence-electron chi connectivity index (χ0n) is 17.9. The predicted molar refractivity (Wildman–Crippen MR) is 117 cm³/mol. The van der Waals surface area contributed by atoms with E-state index in [1.54, 1.807) is 12.1 Å². The molecule has 0 unspecified atom stereocenters. The monoisotopic (exact) mass is 450 g/mol. The molecule has 11 heteroatoms. The van der Waals surface area contributed by atoms with Crippen LogP contribution in [0, 0.1) is 17.0 Å². The molecule has 0 saturated carbocycles. The molecule has 168 valence electrons. The Morgan fingerprint density at radius 1 is 1.16 bits per heavy atom. The summed E-state index contributed by atoms with van der Waals surface area (Å²) in [6.07, 6.45) is 0. The molecule has 0 aliphatic carbocycles. The molecule has 31 heavy (non-hydrogen) atoms. The number of hydrogen-bond donors (Lipinski definition) is 1. The smallest absolute Gasteiger partial charge is 0.273 e. The number of ether oxygens (including phenoxy) is 1. The first-order valence-corrected chi connectivity index (χ1v) is 10.8. The molecular formula is C20H26N4O6S. The van der Waals surface area contributed by atoms with Crippen molar-refractivity contribution in [2.45, 2.75) is 11.8 Å². The highest BCUT2D eigenvalue weighted by atomic mass is 32.2. The van der Waals surface area contributed by atoms with Gasteiger partial charge in [0, 0.05) is 24.7 Å². The van der Waals surface area contributed by atoms with Gasteiger partial charge in [-0.15, -0.1) is 0 Å². The van der Waals surface area contributed by atoms with Crippen molar-refractivity contribution >= 4 is 27.3 Å². The molecule has 2 aromatic rings. The Morgan fingerprint density at radius 3 is 2.35 bits per heavy atom. The highest BCUT2D eigenvalue weighted by Gasteiger charge is 2.29. The van der Waals surface area contributed by atoms with Crippen LogP contribution in [-0.2, 0) is 14.8 Å². The van der Waals surface area contributed by atoms with Crippen LogP contribution < -0.4 is 14.4 Å². The van der Waals surface area contributed by atoms with Gasteiger partial charge in [-0.2, -0.15) is 0 Å². The van der Waals surface area contributed by atoms with Crippen molar-refractivity contribution in [1.82, 2.24) is 10.2 Å². The van der Waals surface area contributed by atoms with Crippen molar-refractivity contribution in [3.63, 3.8) is 0 Å². The van der Waals surface area contributed by atoms with Crippen molar-refractivity contribution in [1.29, 1.82) is 0 Å². The average molecular weight is 451 g/mol. The fraction of sp³-hybridized carbons (Fsp3) is 0.350. The van der Waals surface area contributed by atoms with Gasteiger partial charge in [0.05, 0.1) is 22.6 Å². The number of likely N-dealkylation sites (N-methyl/N-ethyl adjacent to an activating group) is 1. The molecule has 0 spiro atoms. The van der Waals surface area contributed by atoms with Crippen molar-refractivity contribution in [2.24, 2.45) is 0 Å². The van der Waals surface area contributed by atoms with Gasteiger partial charge in [0.2, 0.25) is 5.91 Å². The summed E-state index contributed by atoms with van der Waals surface area (Å²) in [5.41, 5.74) is 0.249. The molecule has 0 fully saturated rings. The van der Waals surface area contributed by atoms with E-state index < -0.39 is 27.4 Å². The predicted octanol–water partition coefficient (Wildman–Crippen LogP) is 1.78. The molecule has 2 aromatic carbocycles. The molecule has 0 saturated heterocycles. The fourth-order valence-corrected chi connectivity index (χ4v) is 4.18. The normalized spacial score (nSPS) is 11.3. The van der Waals surface area contributed by atoms with Gasteiger partial charge in [0.15, 0.2) is 0 Å². The molecule has 1 amide bonds. The minimum atomic E-state index is -4.27. The zero-order chi connectivity index (χ0) is 23.2. The summed E-state index contributed by atoms with van der Waals surface area (Å²) in [5.74, 6) is 0.0189. The SMILES string of the molecule is COc1ccc(N(CC(=O)NCCN(C)C)S(=O)(=O)c2ccc(C)c([N+](=O)[O-])c2)cc1. The van der Waals surface area contributed by atoms with Crippen LogP contribution in [0.25, 0.3) is 0 Å². The number of nitro groups is 1. The maximum atomic E-state index is 13.4. The third-order valence-corrected chi connectivity index (χ3v) is 6.26. The second kappa shape index (κ2) is 10.2. The molecule has 0 aliphatic heterocycles. The number of aryl methyl sites for hydroxylation is 1. The van der Waals surface area contributed by atoms with E-state index in [9.17, 15) is 23.3 Å². The first-order valence-electron chi connectivity index (χ1n) is 9.39. The third-order valence-electron chi connectivity index (χ3n) is 4.49. The number of nitrogens with zero attached hydrogens (tertiary/aromatic N) is 3. The second-order valence-corrected chi connectivity index (χ2v) is 8.93. The van der Waals surface area contributed by atoms with Gasteiger partial charge in [-0.05, 0) is 51.4 Å². The number of methoxy groups -OCH3 is 1. The summed E-state index contributed by atoms with van der Waals surface area (Å²) in [4.78, 5) is 24.7. The largest absolute Gasteiger partial charge is 0.497 e. The van der Waals surface area contributed by atoms with Crippen molar-refractivity contribution in [3.05, 3.63) is 58.1 Å². The Hall–Kier alpha value is -3.18. The standard InChI is InChI=1S/C20H26N4O6S/c1-15-5-10-18(13-19(15)24(26)27)31(28,29)23(14-20(25)21-11-12-22(2)3)16-6-8-17(30-4)9-7-16/h5-10,13H,11-12,14H2,1-4H3,(H,21,25).